The second-order valence-electron chi connectivity index (χ2n) is 4.91. The van der Waals surface area contributed by atoms with Gasteiger partial charge in [0.15, 0.2) is 5.13 Å². The molecule has 0 spiro atoms. The Morgan fingerprint density at radius 2 is 2.06 bits per heavy atom. The molecule has 0 fully saturated rings. The topological polar surface area (TPSA) is 38.9 Å². The Hall–Kier alpha value is -1.09. The normalized spacial score (nSPS) is 13.0. The summed E-state index contributed by atoms with van der Waals surface area (Å²) in [7, 11) is 0. The largest absolute Gasteiger partial charge is 0.375 e. The van der Waals surface area contributed by atoms with E-state index >= 15 is 0 Å². The number of nitrogens with two attached hydrogens (primary N) is 1. The van der Waals surface area contributed by atoms with Gasteiger partial charge in [0.2, 0.25) is 0 Å². The minimum absolute atomic E-state index is 0.669. The second-order valence-corrected chi connectivity index (χ2v) is 5.97. The summed E-state index contributed by atoms with van der Waals surface area (Å²) in [6.07, 6.45) is 6.41. The van der Waals surface area contributed by atoms with Crippen molar-refractivity contribution in [1.82, 2.24) is 4.98 Å². The molecule has 1 aromatic carbocycles. The van der Waals surface area contributed by atoms with E-state index in [1.807, 2.05) is 0 Å². The van der Waals surface area contributed by atoms with Crippen molar-refractivity contribution in [3.05, 3.63) is 23.8 Å². The summed E-state index contributed by atoms with van der Waals surface area (Å²) in [5, 5.41) is 0.669. The van der Waals surface area contributed by atoms with Crippen molar-refractivity contribution in [3.63, 3.8) is 0 Å². The highest BCUT2D eigenvalue weighted by Gasteiger charge is 2.12. The summed E-state index contributed by atoms with van der Waals surface area (Å²) in [6.45, 7) is 4.53. The molecule has 1 aromatic heterocycles. The lowest BCUT2D eigenvalue weighted by Crippen LogP contribution is -1.98. The number of thiazole rings is 1. The van der Waals surface area contributed by atoms with Crippen LogP contribution in [0.4, 0.5) is 5.13 Å². The number of hydrogen-bond acceptors (Lipinski definition) is 3. The Bertz CT molecular complexity index is 504. The Morgan fingerprint density at radius 3 is 2.78 bits per heavy atom. The highest BCUT2D eigenvalue weighted by Crippen LogP contribution is 2.31. The Labute approximate surface area is 113 Å². The van der Waals surface area contributed by atoms with Gasteiger partial charge in [-0.25, -0.2) is 4.98 Å². The molecule has 0 bridgehead atoms. The minimum Gasteiger partial charge on any atom is -0.375 e. The number of rotatable bonds is 6. The first-order valence-electron chi connectivity index (χ1n) is 6.90. The number of benzene rings is 1. The second kappa shape index (κ2) is 6.19. The molecule has 0 saturated carbocycles. The van der Waals surface area contributed by atoms with Crippen LogP contribution in [0.3, 0.4) is 0 Å². The molecule has 0 aliphatic carbocycles. The van der Waals surface area contributed by atoms with Gasteiger partial charge in [0.05, 0.1) is 10.2 Å². The van der Waals surface area contributed by atoms with Crippen LogP contribution in [0.5, 0.6) is 0 Å². The summed E-state index contributed by atoms with van der Waals surface area (Å²) in [4.78, 5) is 4.32. The molecule has 3 heteroatoms. The Morgan fingerprint density at radius 1 is 1.22 bits per heavy atom. The van der Waals surface area contributed by atoms with Crippen LogP contribution in [-0.4, -0.2) is 4.98 Å². The van der Waals surface area contributed by atoms with Crippen molar-refractivity contribution in [1.29, 1.82) is 0 Å². The van der Waals surface area contributed by atoms with Crippen LogP contribution >= 0.6 is 11.3 Å². The average Bonchev–Trinajstić information content (AvgIpc) is 2.73. The fourth-order valence-corrected chi connectivity index (χ4v) is 3.27. The van der Waals surface area contributed by atoms with E-state index in [9.17, 15) is 0 Å². The van der Waals surface area contributed by atoms with Crippen LogP contribution < -0.4 is 5.73 Å². The van der Waals surface area contributed by atoms with Gasteiger partial charge in [-0.1, -0.05) is 50.5 Å². The fourth-order valence-electron chi connectivity index (χ4n) is 2.49. The summed E-state index contributed by atoms with van der Waals surface area (Å²) >= 11 is 1.59. The van der Waals surface area contributed by atoms with Crippen molar-refractivity contribution in [2.75, 3.05) is 5.73 Å². The molecule has 2 aromatic rings. The predicted molar refractivity (Wildman–Crippen MR) is 81.2 cm³/mol. The molecular weight excluding hydrogens is 240 g/mol. The first-order valence-corrected chi connectivity index (χ1v) is 7.72. The molecule has 18 heavy (non-hydrogen) atoms. The molecule has 2 nitrogen and oxygen atoms in total. The van der Waals surface area contributed by atoms with E-state index in [0.29, 0.717) is 11.0 Å². The van der Waals surface area contributed by atoms with E-state index in [1.54, 1.807) is 11.3 Å². The molecule has 0 aliphatic heterocycles. The standard InChI is InChI=1S/C15H22N2S/c1-3-5-7-11(6-4-2)12-8-9-13-14(10-12)18-15(16)17-13/h8-11H,3-7H2,1-2H3,(H2,16,17). The number of fused-ring (bicyclic) bond motifs is 1. The summed E-state index contributed by atoms with van der Waals surface area (Å²) in [6, 6.07) is 6.64. The van der Waals surface area contributed by atoms with Crippen molar-refractivity contribution in [2.24, 2.45) is 0 Å². The van der Waals surface area contributed by atoms with Crippen LogP contribution in [0.25, 0.3) is 10.2 Å². The zero-order valence-electron chi connectivity index (χ0n) is 11.3. The molecule has 0 saturated heterocycles. The van der Waals surface area contributed by atoms with Gasteiger partial charge < -0.3 is 5.73 Å². The minimum atomic E-state index is 0.669. The van der Waals surface area contributed by atoms with E-state index in [0.717, 1.165) is 5.52 Å². The van der Waals surface area contributed by atoms with Gasteiger partial charge in [-0.2, -0.15) is 0 Å². The maximum atomic E-state index is 5.76. The number of nitrogen functional groups attached to an aromatic ring is 1. The molecule has 98 valence electrons. The van der Waals surface area contributed by atoms with Crippen LogP contribution in [0.2, 0.25) is 0 Å². The van der Waals surface area contributed by atoms with E-state index in [4.69, 9.17) is 5.73 Å². The van der Waals surface area contributed by atoms with Crippen molar-refractivity contribution in [3.8, 4) is 0 Å². The number of hydrogen-bond donors (Lipinski definition) is 1. The third kappa shape index (κ3) is 3.02. The third-order valence-electron chi connectivity index (χ3n) is 3.44. The lowest BCUT2D eigenvalue weighted by atomic mass is 9.90. The zero-order valence-corrected chi connectivity index (χ0v) is 12.1. The molecule has 1 atom stereocenters. The molecule has 2 rings (SSSR count). The van der Waals surface area contributed by atoms with Crippen LogP contribution in [0.15, 0.2) is 18.2 Å². The van der Waals surface area contributed by atoms with Gasteiger partial charge in [-0.05, 0) is 36.5 Å². The Balaban J connectivity index is 2.25. The monoisotopic (exact) mass is 262 g/mol. The van der Waals surface area contributed by atoms with Gasteiger partial charge in [-0.15, -0.1) is 0 Å². The molecule has 1 heterocycles. The number of aromatic nitrogens is 1. The average molecular weight is 262 g/mol. The van der Waals surface area contributed by atoms with Gasteiger partial charge in [-0.3, -0.25) is 0 Å². The maximum absolute atomic E-state index is 5.76. The van der Waals surface area contributed by atoms with Crippen LogP contribution in [-0.2, 0) is 0 Å². The molecule has 0 radical (unpaired) electrons. The summed E-state index contributed by atoms with van der Waals surface area (Å²) in [5.41, 5.74) is 8.26. The van der Waals surface area contributed by atoms with Crippen LogP contribution in [0.1, 0.15) is 57.4 Å². The van der Waals surface area contributed by atoms with Gasteiger partial charge in [0, 0.05) is 0 Å². The van der Waals surface area contributed by atoms with Gasteiger partial charge in [0.1, 0.15) is 0 Å². The lowest BCUT2D eigenvalue weighted by molar-refractivity contribution is 0.541. The first-order chi connectivity index (χ1) is 8.74. The van der Waals surface area contributed by atoms with Gasteiger partial charge in [0.25, 0.3) is 0 Å². The smallest absolute Gasteiger partial charge is 0.181 e. The Kier molecular flexibility index (Phi) is 4.59. The van der Waals surface area contributed by atoms with E-state index in [2.05, 4.69) is 37.0 Å². The van der Waals surface area contributed by atoms with Crippen molar-refractivity contribution < 1.29 is 0 Å². The first kappa shape index (κ1) is 13.3. The summed E-state index contributed by atoms with van der Waals surface area (Å²) in [5.74, 6) is 0.697. The predicted octanol–water partition coefficient (Wildman–Crippen LogP) is 4.95. The van der Waals surface area contributed by atoms with Crippen molar-refractivity contribution in [2.45, 2.75) is 51.9 Å². The van der Waals surface area contributed by atoms with E-state index in [1.165, 1.54) is 42.4 Å². The van der Waals surface area contributed by atoms with E-state index in [-0.39, 0.29) is 0 Å². The van der Waals surface area contributed by atoms with E-state index < -0.39 is 0 Å². The molecule has 1 unspecified atom stereocenters. The highest BCUT2D eigenvalue weighted by atomic mass is 32.1. The molecular formula is C15H22N2S. The molecule has 2 N–H and O–H groups in total. The SMILES string of the molecule is CCCCC(CCC)c1ccc2nc(N)sc2c1. The van der Waals surface area contributed by atoms with Crippen LogP contribution in [0, 0.1) is 0 Å². The number of nitrogens with zero attached hydrogens (tertiary/aromatic N) is 1. The lowest BCUT2D eigenvalue weighted by Gasteiger charge is -2.16. The highest BCUT2D eigenvalue weighted by molar-refractivity contribution is 7.22. The molecule has 0 aliphatic rings. The number of unbranched alkanes of at least 4 members (excludes halogenated alkanes) is 1. The van der Waals surface area contributed by atoms with Gasteiger partial charge >= 0.3 is 0 Å². The van der Waals surface area contributed by atoms with Crippen molar-refractivity contribution >= 4 is 26.7 Å². The quantitative estimate of drug-likeness (QED) is 0.799. The zero-order chi connectivity index (χ0) is 13.0. The molecule has 0 amide bonds. The third-order valence-corrected chi connectivity index (χ3v) is 4.29. The number of anilines is 1. The summed E-state index contributed by atoms with van der Waals surface area (Å²) < 4.78 is 1.22. The maximum Gasteiger partial charge on any atom is 0.181 e. The fraction of sp³-hybridized carbons (Fsp3) is 0.533.